The summed E-state index contributed by atoms with van der Waals surface area (Å²) in [5, 5.41) is 4.85. The summed E-state index contributed by atoms with van der Waals surface area (Å²) in [5.74, 6) is 0.964. The highest BCUT2D eigenvalue weighted by molar-refractivity contribution is 6.31. The predicted molar refractivity (Wildman–Crippen MR) is 74.6 cm³/mol. The highest BCUT2D eigenvalue weighted by Gasteiger charge is 2.20. The zero-order chi connectivity index (χ0) is 13.4. The fourth-order valence-electron chi connectivity index (χ4n) is 2.49. The molecule has 2 N–H and O–H groups in total. The number of benzene rings is 1. The highest BCUT2D eigenvalue weighted by Crippen LogP contribution is 2.31. The van der Waals surface area contributed by atoms with Crippen LogP contribution >= 0.6 is 11.6 Å². The van der Waals surface area contributed by atoms with Crippen molar-refractivity contribution in [3.63, 3.8) is 0 Å². The van der Waals surface area contributed by atoms with Crippen molar-refractivity contribution in [3.8, 4) is 5.75 Å². The molecule has 1 aromatic carbocycles. The van der Waals surface area contributed by atoms with Gasteiger partial charge >= 0.3 is 0 Å². The van der Waals surface area contributed by atoms with Crippen molar-refractivity contribution in [3.05, 3.63) is 46.2 Å². The first-order valence-electron chi connectivity index (χ1n) is 6.43. The molecule has 1 aliphatic rings. The van der Waals surface area contributed by atoms with Crippen LogP contribution in [0, 0.1) is 0 Å². The molecule has 0 radical (unpaired) electrons. The van der Waals surface area contributed by atoms with Gasteiger partial charge in [0.15, 0.2) is 0 Å². The molecule has 4 nitrogen and oxygen atoms in total. The van der Waals surface area contributed by atoms with Crippen LogP contribution in [0.2, 0.25) is 5.02 Å². The third-order valence-electron chi connectivity index (χ3n) is 3.50. The largest absolute Gasteiger partial charge is 0.493 e. The summed E-state index contributed by atoms with van der Waals surface area (Å²) in [7, 11) is 0. The smallest absolute Gasteiger partial charge is 0.122 e. The van der Waals surface area contributed by atoms with Crippen molar-refractivity contribution in [1.29, 1.82) is 0 Å². The third-order valence-corrected chi connectivity index (χ3v) is 3.79. The topological polar surface area (TPSA) is 53.1 Å². The van der Waals surface area contributed by atoms with E-state index in [-0.39, 0.29) is 6.04 Å². The number of nitrogens with zero attached hydrogens (tertiary/aromatic N) is 2. The van der Waals surface area contributed by atoms with Gasteiger partial charge in [-0.25, -0.2) is 0 Å². The van der Waals surface area contributed by atoms with Gasteiger partial charge in [-0.1, -0.05) is 23.7 Å². The van der Waals surface area contributed by atoms with Crippen molar-refractivity contribution in [2.24, 2.45) is 5.73 Å². The van der Waals surface area contributed by atoms with Gasteiger partial charge < -0.3 is 10.5 Å². The quantitative estimate of drug-likeness (QED) is 0.938. The second kappa shape index (κ2) is 4.87. The molecular weight excluding hydrogens is 262 g/mol. The van der Waals surface area contributed by atoms with Crippen molar-refractivity contribution >= 4 is 11.6 Å². The minimum absolute atomic E-state index is 0.263. The lowest BCUT2D eigenvalue weighted by molar-refractivity contribution is 0.357. The Kier molecular flexibility index (Phi) is 3.21. The highest BCUT2D eigenvalue weighted by atomic mass is 35.5. The first kappa shape index (κ1) is 12.5. The van der Waals surface area contributed by atoms with E-state index in [1.165, 1.54) is 5.56 Å². The van der Waals surface area contributed by atoms with Crippen LogP contribution in [0.3, 0.4) is 0 Å². The molecule has 0 saturated heterocycles. The molecule has 1 aromatic heterocycles. The molecule has 0 amide bonds. The average Bonchev–Trinajstić information content (AvgIpc) is 3.02. The fraction of sp³-hybridized carbons (Fsp3) is 0.357. The number of ether oxygens (including phenoxy) is 1. The standard InChI is InChI=1S/C14H16ClN3O/c1-2-18-14(11(15)8-17-18)13(16)10-3-4-12-9(7-10)5-6-19-12/h3-4,7-8,13H,2,5-6,16H2,1H3. The van der Waals surface area contributed by atoms with Crippen molar-refractivity contribution in [1.82, 2.24) is 9.78 Å². The van der Waals surface area contributed by atoms with Crippen LogP contribution in [0.5, 0.6) is 5.75 Å². The number of halogens is 1. The Morgan fingerprint density at radius 2 is 2.37 bits per heavy atom. The Balaban J connectivity index is 1.99. The molecule has 100 valence electrons. The lowest BCUT2D eigenvalue weighted by atomic mass is 10.0. The van der Waals surface area contributed by atoms with E-state index in [0.29, 0.717) is 5.02 Å². The minimum atomic E-state index is -0.263. The zero-order valence-electron chi connectivity index (χ0n) is 10.8. The molecule has 0 saturated carbocycles. The molecule has 0 aliphatic carbocycles. The van der Waals surface area contributed by atoms with E-state index in [9.17, 15) is 0 Å². The second-order valence-corrected chi connectivity index (χ2v) is 5.04. The van der Waals surface area contributed by atoms with E-state index in [4.69, 9.17) is 22.1 Å². The summed E-state index contributed by atoms with van der Waals surface area (Å²) in [6.07, 6.45) is 2.59. The first-order valence-corrected chi connectivity index (χ1v) is 6.81. The van der Waals surface area contributed by atoms with Crippen molar-refractivity contribution in [2.45, 2.75) is 25.9 Å². The lowest BCUT2D eigenvalue weighted by Gasteiger charge is -2.15. The maximum absolute atomic E-state index is 6.35. The van der Waals surface area contributed by atoms with Crippen LogP contribution in [-0.4, -0.2) is 16.4 Å². The van der Waals surface area contributed by atoms with Gasteiger partial charge in [-0.05, 0) is 24.1 Å². The van der Waals surface area contributed by atoms with E-state index < -0.39 is 0 Å². The van der Waals surface area contributed by atoms with Gasteiger partial charge in [0.1, 0.15) is 5.75 Å². The van der Waals surface area contributed by atoms with E-state index in [1.54, 1.807) is 6.20 Å². The average molecular weight is 278 g/mol. The Labute approximate surface area is 117 Å². The van der Waals surface area contributed by atoms with E-state index in [0.717, 1.165) is 36.6 Å². The summed E-state index contributed by atoms with van der Waals surface area (Å²) in [6.45, 7) is 3.53. The summed E-state index contributed by atoms with van der Waals surface area (Å²) < 4.78 is 7.35. The predicted octanol–water partition coefficient (Wildman–Crippen LogP) is 2.54. The number of hydrogen-bond acceptors (Lipinski definition) is 3. The van der Waals surface area contributed by atoms with Gasteiger partial charge in [0.05, 0.1) is 29.6 Å². The number of hydrogen-bond donors (Lipinski definition) is 1. The van der Waals surface area contributed by atoms with Crippen LogP contribution in [0.1, 0.15) is 29.8 Å². The molecule has 3 rings (SSSR count). The molecule has 0 spiro atoms. The third kappa shape index (κ3) is 2.11. The summed E-state index contributed by atoms with van der Waals surface area (Å²) in [6, 6.07) is 5.83. The van der Waals surface area contributed by atoms with E-state index in [2.05, 4.69) is 11.2 Å². The molecule has 0 fully saturated rings. The molecule has 0 bridgehead atoms. The molecular formula is C14H16ClN3O. The number of aromatic nitrogens is 2. The van der Waals surface area contributed by atoms with Gasteiger partial charge in [-0.15, -0.1) is 0 Å². The number of aryl methyl sites for hydroxylation is 1. The van der Waals surface area contributed by atoms with E-state index in [1.807, 2.05) is 23.7 Å². The van der Waals surface area contributed by atoms with Crippen molar-refractivity contribution in [2.75, 3.05) is 6.61 Å². The monoisotopic (exact) mass is 277 g/mol. The van der Waals surface area contributed by atoms with Crippen LogP contribution in [0.4, 0.5) is 0 Å². The first-order chi connectivity index (χ1) is 9.20. The maximum Gasteiger partial charge on any atom is 0.122 e. The Morgan fingerprint density at radius 3 is 3.16 bits per heavy atom. The molecule has 1 atom stereocenters. The number of rotatable bonds is 3. The Bertz CT molecular complexity index is 609. The summed E-state index contributed by atoms with van der Waals surface area (Å²) >= 11 is 6.20. The molecule has 19 heavy (non-hydrogen) atoms. The molecule has 1 unspecified atom stereocenters. The minimum Gasteiger partial charge on any atom is -0.493 e. The Hall–Kier alpha value is -1.52. The molecule has 5 heteroatoms. The van der Waals surface area contributed by atoms with Gasteiger partial charge in [-0.2, -0.15) is 5.10 Å². The number of nitrogens with two attached hydrogens (primary N) is 1. The Morgan fingerprint density at radius 1 is 1.53 bits per heavy atom. The summed E-state index contributed by atoms with van der Waals surface area (Å²) in [5.41, 5.74) is 9.47. The number of fused-ring (bicyclic) bond motifs is 1. The summed E-state index contributed by atoms with van der Waals surface area (Å²) in [4.78, 5) is 0. The molecule has 1 aliphatic heterocycles. The SMILES string of the molecule is CCn1ncc(Cl)c1C(N)c1ccc2c(c1)CCO2. The maximum atomic E-state index is 6.35. The van der Waals surface area contributed by atoms with Crippen LogP contribution in [0.15, 0.2) is 24.4 Å². The van der Waals surface area contributed by atoms with E-state index >= 15 is 0 Å². The molecule has 2 aromatic rings. The normalized spacial score (nSPS) is 15.1. The van der Waals surface area contributed by atoms with Crippen LogP contribution in [-0.2, 0) is 13.0 Å². The molecule has 2 heterocycles. The van der Waals surface area contributed by atoms with Crippen molar-refractivity contribution < 1.29 is 4.74 Å². The van der Waals surface area contributed by atoms with Gasteiger partial charge in [0.2, 0.25) is 0 Å². The van der Waals surface area contributed by atoms with Gasteiger partial charge in [0, 0.05) is 13.0 Å². The second-order valence-electron chi connectivity index (χ2n) is 4.64. The van der Waals surface area contributed by atoms with Crippen LogP contribution < -0.4 is 10.5 Å². The van der Waals surface area contributed by atoms with Gasteiger partial charge in [0.25, 0.3) is 0 Å². The lowest BCUT2D eigenvalue weighted by Crippen LogP contribution is -2.17. The van der Waals surface area contributed by atoms with Crippen LogP contribution in [0.25, 0.3) is 0 Å². The van der Waals surface area contributed by atoms with Gasteiger partial charge in [-0.3, -0.25) is 4.68 Å². The fourth-order valence-corrected chi connectivity index (χ4v) is 2.75. The zero-order valence-corrected chi connectivity index (χ0v) is 11.5.